The van der Waals surface area contributed by atoms with Crippen molar-refractivity contribution in [3.63, 3.8) is 0 Å². The Morgan fingerprint density at radius 1 is 1.07 bits per heavy atom. The van der Waals surface area contributed by atoms with E-state index in [1.54, 1.807) is 24.3 Å². The Labute approximate surface area is 198 Å². The number of phenolic OH excluding ortho intramolecular Hbond substituents is 1. The summed E-state index contributed by atoms with van der Waals surface area (Å²) in [4.78, 5) is 24.8. The fourth-order valence-corrected chi connectivity index (χ4v) is 6.39. The molecule has 5 nitrogen and oxygen atoms in total. The molecule has 2 aromatic carbocycles. The van der Waals surface area contributed by atoms with Crippen LogP contribution in [0.3, 0.4) is 0 Å². The maximum absolute atomic E-state index is 12.8. The normalized spacial score (nSPS) is 24.6. The van der Waals surface area contributed by atoms with Gasteiger partial charge in [-0.25, -0.2) is 4.79 Å². The highest BCUT2D eigenvalue weighted by Crippen LogP contribution is 2.60. The van der Waals surface area contributed by atoms with E-state index in [0.717, 1.165) is 0 Å². The first-order valence-corrected chi connectivity index (χ1v) is 11.6. The molecule has 0 aromatic heterocycles. The van der Waals surface area contributed by atoms with Gasteiger partial charge in [0.1, 0.15) is 14.7 Å². The van der Waals surface area contributed by atoms with Gasteiger partial charge in [-0.05, 0) is 59.9 Å². The molecule has 0 saturated heterocycles. The first-order chi connectivity index (χ1) is 13.8. The molecular formula is C20H8Br4O5. The SMILES string of the molecule is O=C1OC2(C3=CC(Br)C(=O)C(Br)=C3Oc3c2cc(Br)c(O)c3Br)c2ccccc21. The minimum atomic E-state index is -1.33. The summed E-state index contributed by atoms with van der Waals surface area (Å²) in [5.74, 6) is -0.267. The van der Waals surface area contributed by atoms with E-state index < -0.39 is 16.4 Å². The van der Waals surface area contributed by atoms with E-state index in [-0.39, 0.29) is 32.0 Å². The maximum atomic E-state index is 12.8. The van der Waals surface area contributed by atoms with Crippen LogP contribution >= 0.6 is 63.7 Å². The minimum absolute atomic E-state index is 0.0684. The van der Waals surface area contributed by atoms with Gasteiger partial charge in [0.25, 0.3) is 0 Å². The predicted octanol–water partition coefficient (Wildman–Crippen LogP) is 5.60. The summed E-state index contributed by atoms with van der Waals surface area (Å²) < 4.78 is 13.0. The number of hydrogen-bond donors (Lipinski definition) is 1. The maximum Gasteiger partial charge on any atom is 0.340 e. The van der Waals surface area contributed by atoms with Gasteiger partial charge in [0.15, 0.2) is 22.9 Å². The van der Waals surface area contributed by atoms with Crippen LogP contribution in [0, 0.1) is 0 Å². The van der Waals surface area contributed by atoms with Crippen LogP contribution in [0.1, 0.15) is 21.5 Å². The number of esters is 1. The van der Waals surface area contributed by atoms with E-state index in [1.807, 2.05) is 12.1 Å². The lowest BCUT2D eigenvalue weighted by atomic mass is 9.75. The molecule has 2 unspecified atom stereocenters. The number of ketones is 1. The molecule has 2 aliphatic heterocycles. The van der Waals surface area contributed by atoms with E-state index in [1.165, 1.54) is 0 Å². The van der Waals surface area contributed by atoms with Gasteiger partial charge in [-0.1, -0.05) is 40.2 Å². The lowest BCUT2D eigenvalue weighted by Gasteiger charge is -2.40. The number of benzene rings is 2. The van der Waals surface area contributed by atoms with Crippen molar-refractivity contribution >= 4 is 75.5 Å². The molecule has 0 amide bonds. The minimum Gasteiger partial charge on any atom is -0.505 e. The van der Waals surface area contributed by atoms with Crippen molar-refractivity contribution in [3.05, 3.63) is 77.9 Å². The summed E-state index contributed by atoms with van der Waals surface area (Å²) in [7, 11) is 0. The van der Waals surface area contributed by atoms with Crippen molar-refractivity contribution in [1.82, 2.24) is 0 Å². The van der Waals surface area contributed by atoms with E-state index in [2.05, 4.69) is 63.7 Å². The Morgan fingerprint density at radius 3 is 2.55 bits per heavy atom. The Kier molecular flexibility index (Phi) is 4.40. The molecule has 1 N–H and O–H groups in total. The summed E-state index contributed by atoms with van der Waals surface area (Å²) >= 11 is 13.4. The van der Waals surface area contributed by atoms with Crippen LogP contribution in [-0.2, 0) is 15.1 Å². The monoisotopic (exact) mass is 644 g/mol. The van der Waals surface area contributed by atoms with Gasteiger partial charge >= 0.3 is 5.97 Å². The van der Waals surface area contributed by atoms with Crippen molar-refractivity contribution in [2.75, 3.05) is 0 Å². The zero-order valence-corrected chi connectivity index (χ0v) is 20.5. The topological polar surface area (TPSA) is 72.8 Å². The molecule has 5 rings (SSSR count). The lowest BCUT2D eigenvalue weighted by molar-refractivity contribution is -0.113. The average Bonchev–Trinajstić information content (AvgIpc) is 3.00. The molecule has 29 heavy (non-hydrogen) atoms. The summed E-state index contributed by atoms with van der Waals surface area (Å²) in [6.45, 7) is 0. The molecular weight excluding hydrogens is 640 g/mol. The van der Waals surface area contributed by atoms with E-state index in [4.69, 9.17) is 9.47 Å². The molecule has 3 aliphatic rings. The zero-order valence-electron chi connectivity index (χ0n) is 14.1. The molecule has 0 saturated carbocycles. The number of hydrogen-bond acceptors (Lipinski definition) is 5. The first kappa shape index (κ1) is 19.5. The van der Waals surface area contributed by atoms with Crippen LogP contribution in [-0.4, -0.2) is 21.7 Å². The molecule has 1 aliphatic carbocycles. The van der Waals surface area contributed by atoms with Crippen molar-refractivity contribution < 1.29 is 24.2 Å². The number of alkyl halides is 1. The van der Waals surface area contributed by atoms with Crippen LogP contribution in [0.5, 0.6) is 11.5 Å². The molecule has 0 fully saturated rings. The molecule has 2 aromatic rings. The molecule has 0 bridgehead atoms. The second kappa shape index (κ2) is 6.54. The lowest BCUT2D eigenvalue weighted by Crippen LogP contribution is -2.39. The van der Waals surface area contributed by atoms with Gasteiger partial charge in [0, 0.05) is 11.1 Å². The second-order valence-electron chi connectivity index (χ2n) is 6.61. The average molecular weight is 648 g/mol. The van der Waals surface area contributed by atoms with Gasteiger partial charge in [-0.2, -0.15) is 0 Å². The molecule has 0 radical (unpaired) electrons. The van der Waals surface area contributed by atoms with Gasteiger partial charge in [-0.15, -0.1) is 0 Å². The third-order valence-corrected chi connectivity index (χ3v) is 7.88. The first-order valence-electron chi connectivity index (χ1n) is 8.30. The molecule has 1 spiro atoms. The second-order valence-corrected chi connectivity index (χ2v) is 10.0. The van der Waals surface area contributed by atoms with Crippen molar-refractivity contribution in [2.45, 2.75) is 10.4 Å². The quantitative estimate of drug-likeness (QED) is 0.298. The van der Waals surface area contributed by atoms with Crippen LogP contribution in [0.4, 0.5) is 0 Å². The third kappa shape index (κ3) is 2.47. The highest BCUT2D eigenvalue weighted by atomic mass is 79.9. The number of allylic oxidation sites excluding steroid dienone is 2. The van der Waals surface area contributed by atoms with Crippen LogP contribution in [0.2, 0.25) is 0 Å². The molecule has 9 heteroatoms. The van der Waals surface area contributed by atoms with E-state index >= 15 is 0 Å². The van der Waals surface area contributed by atoms with Gasteiger partial charge in [0.2, 0.25) is 0 Å². The van der Waals surface area contributed by atoms with Gasteiger partial charge in [0.05, 0.1) is 20.4 Å². The largest absolute Gasteiger partial charge is 0.505 e. The van der Waals surface area contributed by atoms with Crippen molar-refractivity contribution in [2.24, 2.45) is 0 Å². The van der Waals surface area contributed by atoms with E-state index in [9.17, 15) is 14.7 Å². The summed E-state index contributed by atoms with van der Waals surface area (Å²) in [5.41, 5.74) is 0.788. The number of carbonyl (C=O) groups is 2. The molecule has 2 atom stereocenters. The van der Waals surface area contributed by atoms with Crippen LogP contribution in [0.15, 0.2) is 61.2 Å². The summed E-state index contributed by atoms with van der Waals surface area (Å²) in [5, 5.41) is 10.4. The Hall–Kier alpha value is -1.42. The van der Waals surface area contributed by atoms with Crippen molar-refractivity contribution in [1.29, 1.82) is 0 Å². The third-order valence-electron chi connectivity index (χ3n) is 5.11. The predicted molar refractivity (Wildman–Crippen MR) is 119 cm³/mol. The highest BCUT2D eigenvalue weighted by molar-refractivity contribution is 9.12. The van der Waals surface area contributed by atoms with E-state index in [0.29, 0.717) is 26.7 Å². The number of phenols is 1. The number of carbonyl (C=O) groups excluding carboxylic acids is 2. The highest BCUT2D eigenvalue weighted by Gasteiger charge is 2.57. The van der Waals surface area contributed by atoms with Gasteiger partial charge < -0.3 is 14.6 Å². The number of aromatic hydroxyl groups is 1. The summed E-state index contributed by atoms with van der Waals surface area (Å²) in [6, 6.07) is 8.76. The molecule has 146 valence electrons. The number of halogens is 4. The summed E-state index contributed by atoms with van der Waals surface area (Å²) in [6.07, 6.45) is 1.69. The smallest absolute Gasteiger partial charge is 0.340 e. The number of rotatable bonds is 0. The number of fused-ring (bicyclic) bond motifs is 6. The Bertz CT molecular complexity index is 1220. The van der Waals surface area contributed by atoms with Crippen LogP contribution in [0.25, 0.3) is 0 Å². The standard InChI is InChI=1S/C20H8Br4O5/c21-11-5-9-17(13(23)15(11)25)28-18-10(6-12(22)16(26)14(18)24)20(9)8-4-2-1-3-7(8)19(27)29-20/h1-6,11,26H. The number of Topliss-reactive ketones (excluding diaryl/α,β-unsaturated/α-hetero) is 1. The zero-order chi connectivity index (χ0) is 20.7. The fraction of sp³-hybridized carbons (Fsp3) is 0.100. The van der Waals surface area contributed by atoms with Gasteiger partial charge in [-0.3, -0.25) is 4.79 Å². The Morgan fingerprint density at radius 2 is 1.79 bits per heavy atom. The van der Waals surface area contributed by atoms with Crippen LogP contribution < -0.4 is 4.74 Å². The fourth-order valence-electron chi connectivity index (χ4n) is 3.84. The molecule has 2 heterocycles. The number of ether oxygens (including phenoxy) is 2. The van der Waals surface area contributed by atoms with Crippen molar-refractivity contribution in [3.8, 4) is 11.5 Å². The Balaban J connectivity index is 1.96.